The number of carbonyl (C=O) groups excluding carboxylic acids is 1. The summed E-state index contributed by atoms with van der Waals surface area (Å²) in [6.07, 6.45) is 12.3. The molecule has 2 nitrogen and oxygen atoms in total. The number of halogens is 2. The van der Waals surface area contributed by atoms with Gasteiger partial charge in [0.25, 0.3) is 0 Å². The number of hydrogen-bond donors (Lipinski definition) is 0. The maximum Gasteiger partial charge on any atom is 0.314 e. The number of esters is 1. The largest absolute Gasteiger partial charge is 0.426 e. The van der Waals surface area contributed by atoms with Crippen LogP contribution in [0.1, 0.15) is 71.1 Å². The molecule has 0 radical (unpaired) electrons. The van der Waals surface area contributed by atoms with Gasteiger partial charge in [0.15, 0.2) is 11.6 Å². The van der Waals surface area contributed by atoms with Crippen molar-refractivity contribution in [3.63, 3.8) is 0 Å². The second-order valence-electron chi connectivity index (χ2n) is 9.62. The Balaban J connectivity index is 1.26. The highest BCUT2D eigenvalue weighted by Gasteiger charge is 2.38. The van der Waals surface area contributed by atoms with Gasteiger partial charge >= 0.3 is 5.97 Å². The van der Waals surface area contributed by atoms with Crippen LogP contribution in [0.15, 0.2) is 18.2 Å². The van der Waals surface area contributed by atoms with Gasteiger partial charge in [0, 0.05) is 6.07 Å². The van der Waals surface area contributed by atoms with E-state index < -0.39 is 11.6 Å². The zero-order valence-corrected chi connectivity index (χ0v) is 16.8. The fourth-order valence-corrected chi connectivity index (χ4v) is 6.15. The van der Waals surface area contributed by atoms with Gasteiger partial charge in [-0.25, -0.2) is 8.78 Å². The monoisotopic (exact) mass is 390 g/mol. The van der Waals surface area contributed by atoms with Crippen LogP contribution in [0, 0.1) is 47.1 Å². The summed E-state index contributed by atoms with van der Waals surface area (Å²) in [7, 11) is 0. The molecule has 0 heterocycles. The van der Waals surface area contributed by atoms with Gasteiger partial charge in [0.1, 0.15) is 5.75 Å². The zero-order chi connectivity index (χ0) is 19.7. The molecule has 3 fully saturated rings. The normalized spacial score (nSPS) is 35.8. The van der Waals surface area contributed by atoms with Gasteiger partial charge in [-0.15, -0.1) is 0 Å². The molecule has 0 aromatic heterocycles. The Morgan fingerprint density at radius 2 is 1.43 bits per heavy atom. The molecular formula is C24H32F2O2. The van der Waals surface area contributed by atoms with E-state index in [1.54, 1.807) is 0 Å². The molecule has 4 heteroatoms. The molecule has 1 aromatic rings. The summed E-state index contributed by atoms with van der Waals surface area (Å²) in [4.78, 5) is 12.4. The summed E-state index contributed by atoms with van der Waals surface area (Å²) < 4.78 is 31.6. The first-order chi connectivity index (χ1) is 13.5. The SMILES string of the molecule is CC1CCC2CC(C3CCC(C(=O)Oc4ccc(F)c(F)c4)CC3)CCC2C1. The van der Waals surface area contributed by atoms with Crippen LogP contribution in [0.25, 0.3) is 0 Å². The van der Waals surface area contributed by atoms with E-state index in [2.05, 4.69) is 6.92 Å². The highest BCUT2D eigenvalue weighted by atomic mass is 19.2. The predicted octanol–water partition coefficient (Wildman–Crippen LogP) is 6.53. The highest BCUT2D eigenvalue weighted by molar-refractivity contribution is 5.75. The van der Waals surface area contributed by atoms with Gasteiger partial charge in [-0.3, -0.25) is 4.79 Å². The van der Waals surface area contributed by atoms with Crippen LogP contribution in [-0.4, -0.2) is 5.97 Å². The molecule has 28 heavy (non-hydrogen) atoms. The fraction of sp³-hybridized carbons (Fsp3) is 0.708. The lowest BCUT2D eigenvalue weighted by atomic mass is 9.61. The third-order valence-electron chi connectivity index (χ3n) is 7.80. The zero-order valence-electron chi connectivity index (χ0n) is 16.8. The number of rotatable bonds is 3. The van der Waals surface area contributed by atoms with Crippen LogP contribution in [-0.2, 0) is 4.79 Å². The van der Waals surface area contributed by atoms with E-state index in [-0.39, 0.29) is 17.6 Å². The first kappa shape index (κ1) is 19.8. The van der Waals surface area contributed by atoms with Crippen molar-refractivity contribution in [3.05, 3.63) is 29.8 Å². The number of hydrogen-bond acceptors (Lipinski definition) is 2. The Kier molecular flexibility index (Phi) is 6.03. The van der Waals surface area contributed by atoms with Crippen molar-refractivity contribution in [1.82, 2.24) is 0 Å². The minimum atomic E-state index is -0.985. The van der Waals surface area contributed by atoms with Crippen LogP contribution < -0.4 is 4.74 Å². The summed E-state index contributed by atoms with van der Waals surface area (Å²) in [5.41, 5.74) is 0. The van der Waals surface area contributed by atoms with Crippen LogP contribution in [0.5, 0.6) is 5.75 Å². The molecule has 0 amide bonds. The minimum absolute atomic E-state index is 0.0934. The van der Waals surface area contributed by atoms with E-state index in [0.717, 1.165) is 67.4 Å². The second kappa shape index (κ2) is 8.51. The Bertz CT molecular complexity index is 696. The molecule has 4 unspecified atom stereocenters. The van der Waals surface area contributed by atoms with Gasteiger partial charge in [-0.2, -0.15) is 0 Å². The Morgan fingerprint density at radius 1 is 0.821 bits per heavy atom. The summed E-state index contributed by atoms with van der Waals surface area (Å²) in [5, 5.41) is 0. The summed E-state index contributed by atoms with van der Waals surface area (Å²) >= 11 is 0. The van der Waals surface area contributed by atoms with Crippen LogP contribution in [0.2, 0.25) is 0 Å². The average molecular weight is 391 g/mol. The number of benzene rings is 1. The molecule has 1 aromatic carbocycles. The molecule has 4 atom stereocenters. The second-order valence-corrected chi connectivity index (χ2v) is 9.62. The highest BCUT2D eigenvalue weighted by Crippen LogP contribution is 2.49. The minimum Gasteiger partial charge on any atom is -0.426 e. The fourth-order valence-electron chi connectivity index (χ4n) is 6.15. The van der Waals surface area contributed by atoms with E-state index in [9.17, 15) is 13.6 Å². The topological polar surface area (TPSA) is 26.3 Å². The van der Waals surface area contributed by atoms with Crippen molar-refractivity contribution in [2.75, 3.05) is 0 Å². The smallest absolute Gasteiger partial charge is 0.314 e. The van der Waals surface area contributed by atoms with Crippen LogP contribution >= 0.6 is 0 Å². The maximum atomic E-state index is 13.3. The Morgan fingerprint density at radius 3 is 2.14 bits per heavy atom. The lowest BCUT2D eigenvalue weighted by molar-refractivity contribution is -0.140. The first-order valence-electron chi connectivity index (χ1n) is 11.2. The molecule has 3 aliphatic carbocycles. The van der Waals surface area contributed by atoms with Gasteiger partial charge in [0.05, 0.1) is 5.92 Å². The molecule has 0 spiro atoms. The van der Waals surface area contributed by atoms with Crippen molar-refractivity contribution in [1.29, 1.82) is 0 Å². The quantitative estimate of drug-likeness (QED) is 0.433. The molecule has 3 aliphatic rings. The van der Waals surface area contributed by atoms with E-state index >= 15 is 0 Å². The van der Waals surface area contributed by atoms with E-state index in [0.29, 0.717) is 0 Å². The standard InChI is InChI=1S/C24H32F2O2/c1-15-2-3-20-13-19(9-8-18(20)12-15)16-4-6-17(7-5-16)24(27)28-21-10-11-22(25)23(26)14-21/h10-11,14-20H,2-9,12-13H2,1H3. The van der Waals surface area contributed by atoms with Gasteiger partial charge in [-0.1, -0.05) is 13.3 Å². The van der Waals surface area contributed by atoms with Crippen molar-refractivity contribution < 1.29 is 18.3 Å². The number of carbonyl (C=O) groups is 1. The van der Waals surface area contributed by atoms with E-state index in [1.165, 1.54) is 44.6 Å². The third-order valence-corrected chi connectivity index (χ3v) is 7.80. The van der Waals surface area contributed by atoms with Gasteiger partial charge < -0.3 is 4.74 Å². The Labute approximate surface area is 167 Å². The lowest BCUT2D eigenvalue weighted by Gasteiger charge is -2.44. The molecule has 0 N–H and O–H groups in total. The predicted molar refractivity (Wildman–Crippen MR) is 105 cm³/mol. The van der Waals surface area contributed by atoms with E-state index in [1.807, 2.05) is 0 Å². The summed E-state index contributed by atoms with van der Waals surface area (Å²) in [6.45, 7) is 2.41. The van der Waals surface area contributed by atoms with Gasteiger partial charge in [-0.05, 0) is 99.5 Å². The van der Waals surface area contributed by atoms with Crippen LogP contribution in [0.4, 0.5) is 8.78 Å². The number of fused-ring (bicyclic) bond motifs is 1. The molecule has 0 bridgehead atoms. The van der Waals surface area contributed by atoms with Crippen molar-refractivity contribution >= 4 is 5.97 Å². The molecule has 0 saturated heterocycles. The molecule has 4 rings (SSSR count). The van der Waals surface area contributed by atoms with Crippen LogP contribution in [0.3, 0.4) is 0 Å². The maximum absolute atomic E-state index is 13.3. The van der Waals surface area contributed by atoms with Crippen molar-refractivity contribution in [3.8, 4) is 5.75 Å². The molecule has 154 valence electrons. The third kappa shape index (κ3) is 4.41. The summed E-state index contributed by atoms with van der Waals surface area (Å²) in [5.74, 6) is 2.15. The molecule has 0 aliphatic heterocycles. The lowest BCUT2D eigenvalue weighted by Crippen LogP contribution is -2.35. The number of ether oxygens (including phenoxy) is 1. The summed E-state index contributed by atoms with van der Waals surface area (Å²) in [6, 6.07) is 3.25. The first-order valence-corrected chi connectivity index (χ1v) is 11.2. The van der Waals surface area contributed by atoms with Crippen molar-refractivity contribution in [2.24, 2.45) is 35.5 Å². The molecule has 3 saturated carbocycles. The Hall–Kier alpha value is -1.45. The average Bonchev–Trinajstić information content (AvgIpc) is 2.70. The molecular weight excluding hydrogens is 358 g/mol. The van der Waals surface area contributed by atoms with Crippen molar-refractivity contribution in [2.45, 2.75) is 71.1 Å². The van der Waals surface area contributed by atoms with Gasteiger partial charge in [0.2, 0.25) is 0 Å². The van der Waals surface area contributed by atoms with E-state index in [4.69, 9.17) is 4.74 Å².